The Morgan fingerprint density at radius 2 is 2.05 bits per heavy atom. The van der Waals surface area contributed by atoms with Crippen molar-refractivity contribution in [1.82, 2.24) is 20.2 Å². The number of nitrogens with one attached hydrogen (secondary N) is 1. The molecule has 0 aliphatic rings. The van der Waals surface area contributed by atoms with Crippen LogP contribution < -0.4 is 11.1 Å². The van der Waals surface area contributed by atoms with E-state index < -0.39 is 0 Å². The summed E-state index contributed by atoms with van der Waals surface area (Å²) >= 11 is 0. The second-order valence-corrected chi connectivity index (χ2v) is 6.77. The molecule has 1 aromatic heterocycles. The lowest BCUT2D eigenvalue weighted by Crippen LogP contribution is -2.40. The fourth-order valence-corrected chi connectivity index (χ4v) is 2.18. The van der Waals surface area contributed by atoms with Gasteiger partial charge < -0.3 is 16.0 Å². The van der Waals surface area contributed by atoms with E-state index in [-0.39, 0.29) is 22.9 Å². The Morgan fingerprint density at radius 1 is 1.43 bits per heavy atom. The molecule has 0 bridgehead atoms. The molecule has 0 fully saturated rings. The van der Waals surface area contributed by atoms with E-state index in [2.05, 4.69) is 34.0 Å². The molecule has 0 saturated carbocycles. The third-order valence-electron chi connectivity index (χ3n) is 3.04. The first-order chi connectivity index (χ1) is 9.62. The maximum Gasteiger partial charge on any atom is 0.272 e. The van der Waals surface area contributed by atoms with Crippen molar-refractivity contribution in [3.05, 3.63) is 17.7 Å². The summed E-state index contributed by atoms with van der Waals surface area (Å²) in [5.74, 6) is 0.535. The molecule has 21 heavy (non-hydrogen) atoms. The first-order valence-corrected chi connectivity index (χ1v) is 7.18. The van der Waals surface area contributed by atoms with Gasteiger partial charge in [-0.1, -0.05) is 27.7 Å². The van der Waals surface area contributed by atoms with E-state index in [1.54, 1.807) is 0 Å². The van der Waals surface area contributed by atoms with Gasteiger partial charge in [-0.3, -0.25) is 4.79 Å². The van der Waals surface area contributed by atoms with Crippen molar-refractivity contribution >= 4 is 11.6 Å². The summed E-state index contributed by atoms with van der Waals surface area (Å²) in [5, 5.41) is 2.92. The van der Waals surface area contributed by atoms with Gasteiger partial charge in [-0.2, -0.15) is 0 Å². The van der Waals surface area contributed by atoms with Crippen molar-refractivity contribution in [2.24, 2.45) is 5.41 Å². The number of nitrogens with two attached hydrogens (primary N) is 1. The van der Waals surface area contributed by atoms with Crippen LogP contribution in [0.2, 0.25) is 0 Å². The van der Waals surface area contributed by atoms with Gasteiger partial charge in [-0.05, 0) is 19.5 Å². The first-order valence-electron chi connectivity index (χ1n) is 7.18. The van der Waals surface area contributed by atoms with Crippen LogP contribution in [0.3, 0.4) is 0 Å². The maximum atomic E-state index is 12.3. The summed E-state index contributed by atoms with van der Waals surface area (Å²) in [5.41, 5.74) is 6.36. The molecule has 0 unspecified atom stereocenters. The number of amides is 1. The molecule has 1 rings (SSSR count). The van der Waals surface area contributed by atoms with Crippen LogP contribution in [-0.2, 0) is 0 Å². The third-order valence-corrected chi connectivity index (χ3v) is 3.04. The van der Waals surface area contributed by atoms with Crippen molar-refractivity contribution in [2.45, 2.75) is 33.6 Å². The highest BCUT2D eigenvalue weighted by molar-refractivity contribution is 5.96. The summed E-state index contributed by atoms with van der Waals surface area (Å²) in [6, 6.07) is 0. The van der Waals surface area contributed by atoms with Crippen molar-refractivity contribution < 1.29 is 4.79 Å². The van der Waals surface area contributed by atoms with Crippen LogP contribution in [0, 0.1) is 5.41 Å². The quantitative estimate of drug-likeness (QED) is 0.830. The zero-order chi connectivity index (χ0) is 16.2. The fourth-order valence-electron chi connectivity index (χ4n) is 2.18. The minimum Gasteiger partial charge on any atom is -0.396 e. The van der Waals surface area contributed by atoms with Crippen molar-refractivity contribution in [2.75, 3.05) is 32.9 Å². The van der Waals surface area contributed by atoms with Crippen LogP contribution in [0.5, 0.6) is 0 Å². The van der Waals surface area contributed by atoms with E-state index in [1.807, 2.05) is 27.9 Å². The number of hydrogen-bond acceptors (Lipinski definition) is 5. The molecule has 6 nitrogen and oxygen atoms in total. The monoisotopic (exact) mass is 293 g/mol. The minimum atomic E-state index is -0.247. The van der Waals surface area contributed by atoms with E-state index >= 15 is 0 Å². The second-order valence-electron chi connectivity index (χ2n) is 6.77. The maximum absolute atomic E-state index is 12.3. The van der Waals surface area contributed by atoms with E-state index in [4.69, 9.17) is 5.73 Å². The molecule has 0 spiro atoms. The molecule has 1 amide bonds. The second kappa shape index (κ2) is 6.85. The minimum absolute atomic E-state index is 0.0260. The lowest BCUT2D eigenvalue weighted by atomic mass is 9.93. The van der Waals surface area contributed by atoms with Crippen molar-refractivity contribution in [3.63, 3.8) is 0 Å². The Kier molecular flexibility index (Phi) is 5.66. The van der Waals surface area contributed by atoms with Crippen molar-refractivity contribution in [3.8, 4) is 0 Å². The number of carbonyl (C=O) groups is 1. The fraction of sp³-hybridized carbons (Fsp3) is 0.667. The van der Waals surface area contributed by atoms with Crippen LogP contribution in [0.15, 0.2) is 6.20 Å². The lowest BCUT2D eigenvalue weighted by molar-refractivity contribution is 0.0924. The normalized spacial score (nSPS) is 12.0. The summed E-state index contributed by atoms with van der Waals surface area (Å²) in [6.45, 7) is 9.61. The molecule has 0 atom stereocenters. The lowest BCUT2D eigenvalue weighted by Gasteiger charge is -2.28. The van der Waals surface area contributed by atoms with E-state index in [0.29, 0.717) is 18.1 Å². The highest BCUT2D eigenvalue weighted by Crippen LogP contribution is 2.16. The Balaban J connectivity index is 2.78. The molecule has 0 radical (unpaired) electrons. The molecule has 0 saturated heterocycles. The SMILES string of the molecule is CC(C)c1ncc(N)c(C(=O)NCC(C)(C)CN(C)C)n1. The zero-order valence-corrected chi connectivity index (χ0v) is 13.9. The van der Waals surface area contributed by atoms with E-state index in [0.717, 1.165) is 6.54 Å². The molecule has 1 heterocycles. The largest absolute Gasteiger partial charge is 0.396 e. The van der Waals surface area contributed by atoms with Crippen LogP contribution in [0.4, 0.5) is 5.69 Å². The summed E-state index contributed by atoms with van der Waals surface area (Å²) in [6.07, 6.45) is 1.50. The third kappa shape index (κ3) is 5.30. The number of rotatable bonds is 6. The molecule has 6 heteroatoms. The molecule has 3 N–H and O–H groups in total. The predicted octanol–water partition coefficient (Wildman–Crippen LogP) is 1.50. The topological polar surface area (TPSA) is 84.1 Å². The first kappa shape index (κ1) is 17.4. The number of hydrogen-bond donors (Lipinski definition) is 2. The van der Waals surface area contributed by atoms with Gasteiger partial charge in [0, 0.05) is 19.0 Å². The van der Waals surface area contributed by atoms with Crippen LogP contribution in [-0.4, -0.2) is 48.0 Å². The molecule has 0 aromatic carbocycles. The Bertz CT molecular complexity index is 497. The van der Waals surface area contributed by atoms with Gasteiger partial charge in [0.1, 0.15) is 5.82 Å². The predicted molar refractivity (Wildman–Crippen MR) is 85.2 cm³/mol. The highest BCUT2D eigenvalue weighted by Gasteiger charge is 2.22. The number of carbonyl (C=O) groups excluding carboxylic acids is 1. The smallest absolute Gasteiger partial charge is 0.272 e. The highest BCUT2D eigenvalue weighted by atomic mass is 16.1. The van der Waals surface area contributed by atoms with Gasteiger partial charge >= 0.3 is 0 Å². The number of nitrogens with zero attached hydrogens (tertiary/aromatic N) is 3. The summed E-state index contributed by atoms with van der Waals surface area (Å²) < 4.78 is 0. The average molecular weight is 293 g/mol. The number of nitrogen functional groups attached to an aromatic ring is 1. The molecular formula is C15H27N5O. The van der Waals surface area contributed by atoms with Gasteiger partial charge in [0.15, 0.2) is 5.69 Å². The molecule has 118 valence electrons. The molecule has 0 aliphatic carbocycles. The van der Waals surface area contributed by atoms with Gasteiger partial charge in [0.05, 0.1) is 11.9 Å². The summed E-state index contributed by atoms with van der Waals surface area (Å²) in [4.78, 5) is 22.8. The standard InChI is InChI=1S/C15H27N5O/c1-10(2)13-17-7-11(16)12(19-13)14(21)18-8-15(3,4)9-20(5)6/h7,10H,8-9,16H2,1-6H3,(H,18,21). The van der Waals surface area contributed by atoms with Crippen LogP contribution in [0.1, 0.15) is 49.9 Å². The zero-order valence-electron chi connectivity index (χ0n) is 13.9. The summed E-state index contributed by atoms with van der Waals surface area (Å²) in [7, 11) is 4.03. The number of aromatic nitrogens is 2. The molecule has 0 aliphatic heterocycles. The van der Waals surface area contributed by atoms with E-state index in [9.17, 15) is 4.79 Å². The van der Waals surface area contributed by atoms with Gasteiger partial charge in [-0.15, -0.1) is 0 Å². The van der Waals surface area contributed by atoms with Gasteiger partial charge in [0.25, 0.3) is 5.91 Å². The van der Waals surface area contributed by atoms with Gasteiger partial charge in [-0.25, -0.2) is 9.97 Å². The van der Waals surface area contributed by atoms with E-state index in [1.165, 1.54) is 6.20 Å². The van der Waals surface area contributed by atoms with Gasteiger partial charge in [0.2, 0.25) is 0 Å². The molecule has 1 aromatic rings. The average Bonchev–Trinajstić information content (AvgIpc) is 2.34. The Labute approximate surface area is 127 Å². The van der Waals surface area contributed by atoms with Crippen LogP contribution in [0.25, 0.3) is 0 Å². The van der Waals surface area contributed by atoms with Crippen LogP contribution >= 0.6 is 0 Å². The Morgan fingerprint density at radius 3 is 2.57 bits per heavy atom. The Hall–Kier alpha value is -1.69. The molecular weight excluding hydrogens is 266 g/mol. The van der Waals surface area contributed by atoms with Crippen molar-refractivity contribution in [1.29, 1.82) is 0 Å². The number of anilines is 1.